The summed E-state index contributed by atoms with van der Waals surface area (Å²) in [6.07, 6.45) is 0. The average Bonchev–Trinajstić information content (AvgIpc) is 2.47. The van der Waals surface area contributed by atoms with Crippen molar-refractivity contribution in [2.24, 2.45) is 0 Å². The Morgan fingerprint density at radius 2 is 1.95 bits per heavy atom. The maximum absolute atomic E-state index is 11.9. The van der Waals surface area contributed by atoms with E-state index < -0.39 is 0 Å². The first-order valence-corrected chi connectivity index (χ1v) is 6.55. The Morgan fingerprint density at radius 3 is 2.70 bits per heavy atom. The number of ether oxygens (including phenoxy) is 1. The summed E-state index contributed by atoms with van der Waals surface area (Å²) in [6.45, 7) is 0.774. The van der Waals surface area contributed by atoms with Gasteiger partial charge in [0.1, 0.15) is 12.4 Å². The highest BCUT2D eigenvalue weighted by atomic mass is 35.5. The Kier molecular flexibility index (Phi) is 4.85. The van der Waals surface area contributed by atoms with Crippen LogP contribution >= 0.6 is 11.6 Å². The molecule has 2 aromatic rings. The number of carbonyl (C=O) groups excluding carboxylic acids is 1. The van der Waals surface area contributed by atoms with E-state index in [1.54, 1.807) is 18.2 Å². The zero-order valence-electron chi connectivity index (χ0n) is 10.8. The molecule has 5 heteroatoms. The van der Waals surface area contributed by atoms with E-state index in [1.165, 1.54) is 0 Å². The molecule has 0 aromatic heterocycles. The minimum absolute atomic E-state index is 0.262. The van der Waals surface area contributed by atoms with Gasteiger partial charge in [-0.1, -0.05) is 29.8 Å². The molecule has 1 amide bonds. The molecule has 20 heavy (non-hydrogen) atoms. The van der Waals surface area contributed by atoms with Crippen LogP contribution in [0.3, 0.4) is 0 Å². The molecular formula is C15H15ClN2O2. The summed E-state index contributed by atoms with van der Waals surface area (Å²) in [5, 5.41) is 3.21. The molecule has 0 saturated carbocycles. The van der Waals surface area contributed by atoms with Gasteiger partial charge in [-0.2, -0.15) is 0 Å². The van der Waals surface area contributed by atoms with Gasteiger partial charge in [-0.3, -0.25) is 4.79 Å². The van der Waals surface area contributed by atoms with Crippen molar-refractivity contribution in [1.82, 2.24) is 5.32 Å². The number of nitrogens with one attached hydrogen (secondary N) is 1. The molecule has 0 aliphatic carbocycles. The highest BCUT2D eigenvalue weighted by Gasteiger charge is 2.09. The molecule has 0 spiro atoms. The molecule has 4 nitrogen and oxygen atoms in total. The molecule has 3 N–H and O–H groups in total. The van der Waals surface area contributed by atoms with E-state index in [9.17, 15) is 4.79 Å². The zero-order valence-corrected chi connectivity index (χ0v) is 11.6. The third-order valence-corrected chi connectivity index (χ3v) is 2.89. The lowest BCUT2D eigenvalue weighted by atomic mass is 10.1. The van der Waals surface area contributed by atoms with Crippen molar-refractivity contribution in [1.29, 1.82) is 0 Å². The van der Waals surface area contributed by atoms with E-state index in [1.807, 2.05) is 30.3 Å². The second kappa shape index (κ2) is 6.82. The number of nitrogens with two attached hydrogens (primary N) is 1. The van der Waals surface area contributed by atoms with Crippen molar-refractivity contribution in [2.45, 2.75) is 0 Å². The molecule has 0 aliphatic heterocycles. The minimum atomic E-state index is -0.262. The average molecular weight is 291 g/mol. The first-order valence-electron chi connectivity index (χ1n) is 6.18. The van der Waals surface area contributed by atoms with E-state index in [-0.39, 0.29) is 5.91 Å². The topological polar surface area (TPSA) is 64.4 Å². The maximum atomic E-state index is 11.9. The molecule has 2 rings (SSSR count). The quantitative estimate of drug-likeness (QED) is 0.657. The van der Waals surface area contributed by atoms with Crippen LogP contribution in [-0.2, 0) is 0 Å². The van der Waals surface area contributed by atoms with Crippen LogP contribution in [0.15, 0.2) is 48.5 Å². The molecule has 0 atom stereocenters. The number of hydrogen-bond donors (Lipinski definition) is 2. The molecule has 0 heterocycles. The Morgan fingerprint density at radius 1 is 1.20 bits per heavy atom. The van der Waals surface area contributed by atoms with Crippen LogP contribution in [0.2, 0.25) is 5.02 Å². The van der Waals surface area contributed by atoms with Gasteiger partial charge < -0.3 is 15.8 Å². The van der Waals surface area contributed by atoms with Crippen molar-refractivity contribution in [3.8, 4) is 5.75 Å². The molecule has 0 aliphatic rings. The molecule has 0 bridgehead atoms. The van der Waals surface area contributed by atoms with Crippen LogP contribution < -0.4 is 15.8 Å². The van der Waals surface area contributed by atoms with Gasteiger partial charge in [0, 0.05) is 10.7 Å². The molecular weight excluding hydrogens is 276 g/mol. The predicted molar refractivity (Wildman–Crippen MR) is 80.1 cm³/mol. The van der Waals surface area contributed by atoms with Crippen LogP contribution in [0.5, 0.6) is 5.75 Å². The smallest absolute Gasteiger partial charge is 0.253 e. The molecule has 0 unspecified atom stereocenters. The summed E-state index contributed by atoms with van der Waals surface area (Å²) >= 11 is 5.84. The van der Waals surface area contributed by atoms with Crippen LogP contribution in [0.1, 0.15) is 10.4 Å². The Hall–Kier alpha value is -2.20. The Balaban J connectivity index is 1.82. The third-order valence-electron chi connectivity index (χ3n) is 2.66. The zero-order chi connectivity index (χ0) is 14.4. The van der Waals surface area contributed by atoms with Crippen LogP contribution in [0.25, 0.3) is 0 Å². The van der Waals surface area contributed by atoms with E-state index >= 15 is 0 Å². The lowest BCUT2D eigenvalue weighted by Gasteiger charge is -2.09. The SMILES string of the molecule is Nc1ccc(Cl)cc1C(=O)NCCOc1ccccc1. The number of hydrogen-bond acceptors (Lipinski definition) is 3. The van der Waals surface area contributed by atoms with Crippen molar-refractivity contribution >= 4 is 23.2 Å². The lowest BCUT2D eigenvalue weighted by molar-refractivity contribution is 0.0948. The molecule has 2 aromatic carbocycles. The number of anilines is 1. The number of para-hydroxylation sites is 1. The van der Waals surface area contributed by atoms with Crippen LogP contribution in [0, 0.1) is 0 Å². The van der Waals surface area contributed by atoms with E-state index in [4.69, 9.17) is 22.1 Å². The monoisotopic (exact) mass is 290 g/mol. The summed E-state index contributed by atoms with van der Waals surface area (Å²) in [4.78, 5) is 11.9. The normalized spacial score (nSPS) is 10.1. The fraction of sp³-hybridized carbons (Fsp3) is 0.133. The summed E-state index contributed by atoms with van der Waals surface area (Å²) < 4.78 is 5.47. The number of carbonyl (C=O) groups is 1. The highest BCUT2D eigenvalue weighted by molar-refractivity contribution is 6.31. The van der Waals surface area contributed by atoms with E-state index in [0.29, 0.717) is 29.4 Å². The largest absolute Gasteiger partial charge is 0.492 e. The summed E-state index contributed by atoms with van der Waals surface area (Å²) in [5.41, 5.74) is 6.51. The van der Waals surface area contributed by atoms with Crippen molar-refractivity contribution in [3.05, 3.63) is 59.1 Å². The van der Waals surface area contributed by atoms with Gasteiger partial charge in [-0.05, 0) is 30.3 Å². The van der Waals surface area contributed by atoms with Crippen molar-refractivity contribution in [3.63, 3.8) is 0 Å². The first kappa shape index (κ1) is 14.2. The highest BCUT2D eigenvalue weighted by Crippen LogP contribution is 2.17. The number of halogens is 1. The van der Waals surface area contributed by atoms with Gasteiger partial charge in [0.2, 0.25) is 0 Å². The van der Waals surface area contributed by atoms with Crippen LogP contribution in [-0.4, -0.2) is 19.1 Å². The van der Waals surface area contributed by atoms with E-state index in [0.717, 1.165) is 5.75 Å². The number of rotatable bonds is 5. The summed E-state index contributed by atoms with van der Waals surface area (Å²) in [5.74, 6) is 0.505. The number of nitrogen functional groups attached to an aromatic ring is 1. The fourth-order valence-electron chi connectivity index (χ4n) is 1.67. The van der Waals surface area contributed by atoms with Crippen molar-refractivity contribution < 1.29 is 9.53 Å². The summed E-state index contributed by atoms with van der Waals surface area (Å²) in [6, 6.07) is 14.2. The minimum Gasteiger partial charge on any atom is -0.492 e. The second-order valence-corrected chi connectivity index (χ2v) is 4.59. The van der Waals surface area contributed by atoms with Gasteiger partial charge >= 0.3 is 0 Å². The van der Waals surface area contributed by atoms with Gasteiger partial charge in [-0.25, -0.2) is 0 Å². The fourth-order valence-corrected chi connectivity index (χ4v) is 1.84. The Bertz CT molecular complexity index is 588. The lowest BCUT2D eigenvalue weighted by Crippen LogP contribution is -2.28. The van der Waals surface area contributed by atoms with Crippen LogP contribution in [0.4, 0.5) is 5.69 Å². The predicted octanol–water partition coefficient (Wildman–Crippen LogP) is 2.73. The summed E-state index contributed by atoms with van der Waals surface area (Å²) in [7, 11) is 0. The Labute approximate surface area is 122 Å². The molecule has 104 valence electrons. The molecule has 0 fully saturated rings. The molecule has 0 saturated heterocycles. The maximum Gasteiger partial charge on any atom is 0.253 e. The van der Waals surface area contributed by atoms with Gasteiger partial charge in [-0.15, -0.1) is 0 Å². The van der Waals surface area contributed by atoms with Gasteiger partial charge in [0.25, 0.3) is 5.91 Å². The molecule has 0 radical (unpaired) electrons. The number of amides is 1. The first-order chi connectivity index (χ1) is 9.66. The van der Waals surface area contributed by atoms with Gasteiger partial charge in [0.05, 0.1) is 12.1 Å². The standard InChI is InChI=1S/C15H15ClN2O2/c16-11-6-7-14(17)13(10-11)15(19)18-8-9-20-12-4-2-1-3-5-12/h1-7,10H,8-9,17H2,(H,18,19). The van der Waals surface area contributed by atoms with Gasteiger partial charge in [0.15, 0.2) is 0 Å². The van der Waals surface area contributed by atoms with E-state index in [2.05, 4.69) is 5.32 Å². The number of benzene rings is 2. The third kappa shape index (κ3) is 3.90. The van der Waals surface area contributed by atoms with Crippen molar-refractivity contribution in [2.75, 3.05) is 18.9 Å². The second-order valence-electron chi connectivity index (χ2n) is 4.15.